The van der Waals surface area contributed by atoms with Crippen LogP contribution in [0.2, 0.25) is 0 Å². The number of aliphatic hydroxyl groups excluding tert-OH is 3. The van der Waals surface area contributed by atoms with Crippen molar-refractivity contribution in [2.24, 2.45) is 0 Å². The maximum atomic E-state index is 11.3. The Morgan fingerprint density at radius 1 is 0.962 bits per heavy atom. The van der Waals surface area contributed by atoms with E-state index in [1.54, 1.807) is 0 Å². The highest BCUT2D eigenvalue weighted by Crippen LogP contribution is 2.25. The number of hydrogen-bond acceptors (Lipinski definition) is 6. The lowest BCUT2D eigenvalue weighted by Gasteiger charge is -2.18. The van der Waals surface area contributed by atoms with Gasteiger partial charge in [-0.2, -0.15) is 0 Å². The van der Waals surface area contributed by atoms with E-state index < -0.39 is 30.5 Å². The van der Waals surface area contributed by atoms with Crippen molar-refractivity contribution in [1.82, 2.24) is 0 Å². The predicted octanol–water partition coefficient (Wildman–Crippen LogP) is 3.75. The molecule has 0 saturated heterocycles. The normalized spacial score (nSPS) is 18.3. The second-order valence-corrected chi connectivity index (χ2v) is 7.03. The second kappa shape index (κ2) is 13.9. The van der Waals surface area contributed by atoms with Crippen LogP contribution < -0.4 is 0 Å². The van der Waals surface area contributed by atoms with Crippen molar-refractivity contribution in [3.8, 4) is 0 Å². The predicted molar refractivity (Wildman–Crippen MR) is 99.7 cm³/mol. The van der Waals surface area contributed by atoms with E-state index in [2.05, 4.69) is 6.92 Å². The van der Waals surface area contributed by atoms with E-state index in [0.717, 1.165) is 19.3 Å². The van der Waals surface area contributed by atoms with Crippen LogP contribution in [0.1, 0.15) is 84.0 Å². The monoisotopic (exact) mass is 372 g/mol. The van der Waals surface area contributed by atoms with E-state index in [9.17, 15) is 15.0 Å². The molecule has 152 valence electrons. The second-order valence-electron chi connectivity index (χ2n) is 7.03. The van der Waals surface area contributed by atoms with E-state index in [1.807, 2.05) is 0 Å². The standard InChI is InChI=1S/C20H36O6/c1-2-3-4-5-6-7-8-9-10-11-12-13-14-25-19-17(23)20(24)26-18(19)16(22)15-21/h16,18,21-23H,2-15H2,1H3. The topological polar surface area (TPSA) is 96.2 Å². The number of hydrogen-bond donors (Lipinski definition) is 3. The van der Waals surface area contributed by atoms with Crippen LogP contribution in [0.4, 0.5) is 0 Å². The minimum Gasteiger partial charge on any atom is -0.499 e. The summed E-state index contributed by atoms with van der Waals surface area (Å²) < 4.78 is 10.2. The number of carbonyl (C=O) groups is 1. The van der Waals surface area contributed by atoms with Crippen molar-refractivity contribution >= 4 is 5.97 Å². The quantitative estimate of drug-likeness (QED) is 0.282. The van der Waals surface area contributed by atoms with Crippen LogP contribution in [0, 0.1) is 0 Å². The van der Waals surface area contributed by atoms with Crippen LogP contribution in [-0.4, -0.2) is 46.7 Å². The Labute approximate surface area is 157 Å². The first-order valence-corrected chi connectivity index (χ1v) is 10.2. The summed E-state index contributed by atoms with van der Waals surface area (Å²) in [5.74, 6) is -1.60. The Morgan fingerprint density at radius 2 is 1.46 bits per heavy atom. The molecule has 1 aliphatic heterocycles. The molecule has 0 saturated carbocycles. The Hall–Kier alpha value is -1.27. The third kappa shape index (κ3) is 8.41. The molecule has 1 rings (SSSR count). The highest BCUT2D eigenvalue weighted by atomic mass is 16.6. The fourth-order valence-corrected chi connectivity index (χ4v) is 3.08. The molecule has 0 aromatic rings. The molecule has 1 aliphatic rings. The molecule has 2 atom stereocenters. The summed E-state index contributed by atoms with van der Waals surface area (Å²) in [6.45, 7) is 2.02. The molecule has 2 unspecified atom stereocenters. The number of ether oxygens (including phenoxy) is 2. The molecule has 0 radical (unpaired) electrons. The molecular weight excluding hydrogens is 336 g/mol. The number of rotatable bonds is 16. The number of esters is 1. The van der Waals surface area contributed by atoms with Gasteiger partial charge in [0.1, 0.15) is 6.10 Å². The molecule has 1 heterocycles. The first-order valence-electron chi connectivity index (χ1n) is 10.2. The summed E-state index contributed by atoms with van der Waals surface area (Å²) in [7, 11) is 0. The average Bonchev–Trinajstić information content (AvgIpc) is 2.93. The number of carbonyl (C=O) groups excluding carboxylic acids is 1. The van der Waals surface area contributed by atoms with Crippen molar-refractivity contribution < 1.29 is 29.6 Å². The summed E-state index contributed by atoms with van der Waals surface area (Å²) in [5, 5.41) is 28.2. The zero-order valence-electron chi connectivity index (χ0n) is 16.1. The minimum atomic E-state index is -1.29. The maximum absolute atomic E-state index is 11.3. The molecule has 6 nitrogen and oxygen atoms in total. The number of aliphatic hydroxyl groups is 3. The molecular formula is C20H36O6. The highest BCUT2D eigenvalue weighted by Gasteiger charge is 2.40. The first-order chi connectivity index (χ1) is 12.6. The van der Waals surface area contributed by atoms with Crippen molar-refractivity contribution in [1.29, 1.82) is 0 Å². The zero-order valence-corrected chi connectivity index (χ0v) is 16.1. The number of unbranched alkanes of at least 4 members (excludes halogenated alkanes) is 11. The summed E-state index contributed by atoms with van der Waals surface area (Å²) >= 11 is 0. The SMILES string of the molecule is CCCCCCCCCCCCCCOC1=C(O)C(=O)OC1C(O)CO. The molecule has 0 spiro atoms. The van der Waals surface area contributed by atoms with Gasteiger partial charge >= 0.3 is 5.97 Å². The van der Waals surface area contributed by atoms with Crippen LogP contribution in [0.25, 0.3) is 0 Å². The molecule has 0 aliphatic carbocycles. The van der Waals surface area contributed by atoms with Crippen molar-refractivity contribution in [2.45, 2.75) is 96.2 Å². The smallest absolute Gasteiger partial charge is 0.378 e. The van der Waals surface area contributed by atoms with E-state index in [4.69, 9.17) is 14.6 Å². The Bertz CT molecular complexity index is 421. The van der Waals surface area contributed by atoms with E-state index >= 15 is 0 Å². The van der Waals surface area contributed by atoms with Gasteiger partial charge in [0, 0.05) is 0 Å². The highest BCUT2D eigenvalue weighted by molar-refractivity contribution is 5.89. The largest absolute Gasteiger partial charge is 0.499 e. The van der Waals surface area contributed by atoms with E-state index in [1.165, 1.54) is 57.8 Å². The van der Waals surface area contributed by atoms with E-state index in [-0.39, 0.29) is 5.76 Å². The van der Waals surface area contributed by atoms with Crippen LogP contribution in [0.3, 0.4) is 0 Å². The molecule has 3 N–H and O–H groups in total. The first kappa shape index (κ1) is 22.8. The van der Waals surface area contributed by atoms with Gasteiger partial charge in [-0.05, 0) is 6.42 Å². The molecule has 0 aromatic carbocycles. The van der Waals surface area contributed by atoms with Gasteiger partial charge in [0.15, 0.2) is 11.9 Å². The fraction of sp³-hybridized carbons (Fsp3) is 0.850. The number of cyclic esters (lactones) is 1. The lowest BCUT2D eigenvalue weighted by molar-refractivity contribution is -0.148. The molecule has 0 aromatic heterocycles. The van der Waals surface area contributed by atoms with Crippen molar-refractivity contribution in [2.75, 3.05) is 13.2 Å². The summed E-state index contributed by atoms with van der Waals surface area (Å²) in [6.07, 6.45) is 12.4. The molecule has 6 heteroatoms. The fourth-order valence-electron chi connectivity index (χ4n) is 3.08. The van der Waals surface area contributed by atoms with Crippen molar-refractivity contribution in [3.05, 3.63) is 11.5 Å². The Kier molecular flexibility index (Phi) is 12.1. The van der Waals surface area contributed by atoms with Crippen LogP contribution in [-0.2, 0) is 14.3 Å². The van der Waals surface area contributed by atoms with Crippen LogP contribution in [0.5, 0.6) is 0 Å². The minimum absolute atomic E-state index is 0.0698. The lowest BCUT2D eigenvalue weighted by Crippen LogP contribution is -2.32. The molecule has 26 heavy (non-hydrogen) atoms. The van der Waals surface area contributed by atoms with Crippen LogP contribution in [0.15, 0.2) is 11.5 Å². The Morgan fingerprint density at radius 3 is 1.96 bits per heavy atom. The van der Waals surface area contributed by atoms with E-state index in [0.29, 0.717) is 6.61 Å². The molecule has 0 amide bonds. The average molecular weight is 373 g/mol. The Balaban J connectivity index is 2.02. The molecule has 0 fully saturated rings. The van der Waals surface area contributed by atoms with Crippen LogP contribution >= 0.6 is 0 Å². The summed E-state index contributed by atoms with van der Waals surface area (Å²) in [4.78, 5) is 11.3. The van der Waals surface area contributed by atoms with Gasteiger partial charge in [-0.15, -0.1) is 0 Å². The van der Waals surface area contributed by atoms with Gasteiger partial charge in [0.05, 0.1) is 13.2 Å². The maximum Gasteiger partial charge on any atom is 0.378 e. The van der Waals surface area contributed by atoms with Gasteiger partial charge in [-0.25, -0.2) is 4.79 Å². The van der Waals surface area contributed by atoms with Gasteiger partial charge in [-0.3, -0.25) is 0 Å². The zero-order chi connectivity index (χ0) is 19.2. The summed E-state index contributed by atoms with van der Waals surface area (Å²) in [5.41, 5.74) is 0. The third-order valence-electron chi connectivity index (χ3n) is 4.71. The van der Waals surface area contributed by atoms with Gasteiger partial charge < -0.3 is 24.8 Å². The lowest BCUT2D eigenvalue weighted by atomic mass is 10.1. The molecule has 0 bridgehead atoms. The van der Waals surface area contributed by atoms with Crippen molar-refractivity contribution in [3.63, 3.8) is 0 Å². The van der Waals surface area contributed by atoms with Gasteiger partial charge in [-0.1, -0.05) is 77.6 Å². The van der Waals surface area contributed by atoms with Gasteiger partial charge in [0.25, 0.3) is 0 Å². The third-order valence-corrected chi connectivity index (χ3v) is 4.71. The summed E-state index contributed by atoms with van der Waals surface area (Å²) in [6, 6.07) is 0. The van der Waals surface area contributed by atoms with Gasteiger partial charge in [0.2, 0.25) is 5.76 Å².